The van der Waals surface area contributed by atoms with Gasteiger partial charge in [-0.25, -0.2) is 0 Å². The molecule has 168 valence electrons. The molecule has 0 N–H and O–H groups in total. The quantitative estimate of drug-likeness (QED) is 0.441. The summed E-state index contributed by atoms with van der Waals surface area (Å²) in [7, 11) is 2.88. The van der Waals surface area contributed by atoms with Crippen molar-refractivity contribution in [2.75, 3.05) is 20.8 Å². The van der Waals surface area contributed by atoms with Crippen LogP contribution in [0.3, 0.4) is 0 Å². The van der Waals surface area contributed by atoms with Crippen LogP contribution in [0, 0.1) is 35.0 Å². The zero-order chi connectivity index (χ0) is 22.5. The third-order valence-electron chi connectivity index (χ3n) is 7.83. The van der Waals surface area contributed by atoms with Crippen LogP contribution in [-0.4, -0.2) is 55.2 Å². The van der Waals surface area contributed by atoms with E-state index < -0.39 is 23.2 Å². The van der Waals surface area contributed by atoms with Crippen molar-refractivity contribution in [3.8, 4) is 0 Å². The van der Waals surface area contributed by atoms with Crippen LogP contribution in [0.1, 0.15) is 32.6 Å². The molecule has 0 aromatic rings. The minimum absolute atomic E-state index is 0.0169. The van der Waals surface area contributed by atoms with Gasteiger partial charge in [0.2, 0.25) is 5.91 Å². The van der Waals surface area contributed by atoms with Crippen LogP contribution in [-0.2, 0) is 28.7 Å². The number of esters is 1. The number of Topliss-reactive ketones (excluding diaryl/α,β-unsaturated/α-hetero) is 1. The molecule has 4 aliphatic rings. The van der Waals surface area contributed by atoms with Crippen LogP contribution in [0.15, 0.2) is 22.8 Å². The first-order valence-electron chi connectivity index (χ1n) is 10.8. The van der Waals surface area contributed by atoms with Crippen LogP contribution < -0.4 is 0 Å². The number of allylic oxidation sites excluding steroid dienone is 2. The molecule has 2 saturated carbocycles. The SMILES string of the molecule is CCN1C=C(Br)C[C@H]2[C@@H]([C@@H]3C[C@H]4C(=O)C=CC3[C@H]4OC)C(=O)CC[C@@]2(C(=O)OC)C1=O. The van der Waals surface area contributed by atoms with E-state index in [0.717, 1.165) is 4.48 Å². The smallest absolute Gasteiger partial charge is 0.321 e. The average Bonchev–Trinajstić information content (AvgIpc) is 2.98. The summed E-state index contributed by atoms with van der Waals surface area (Å²) in [6, 6.07) is 0. The molecule has 0 saturated heterocycles. The van der Waals surface area contributed by atoms with Gasteiger partial charge in [-0.3, -0.25) is 19.2 Å². The predicted molar refractivity (Wildman–Crippen MR) is 115 cm³/mol. The van der Waals surface area contributed by atoms with Gasteiger partial charge in [-0.1, -0.05) is 22.0 Å². The molecule has 8 heteroatoms. The fourth-order valence-corrected chi connectivity index (χ4v) is 7.07. The molecule has 31 heavy (non-hydrogen) atoms. The second-order valence-electron chi connectivity index (χ2n) is 8.98. The zero-order valence-electron chi connectivity index (χ0n) is 18.0. The second kappa shape index (κ2) is 8.28. The molecule has 7 atom stereocenters. The number of hydrogen-bond acceptors (Lipinski definition) is 6. The maximum atomic E-state index is 13.7. The molecule has 3 aliphatic carbocycles. The summed E-state index contributed by atoms with van der Waals surface area (Å²) in [6.07, 6.45) is 6.08. The van der Waals surface area contributed by atoms with Gasteiger partial charge in [-0.2, -0.15) is 0 Å². The highest BCUT2D eigenvalue weighted by molar-refractivity contribution is 9.11. The van der Waals surface area contributed by atoms with E-state index in [1.54, 1.807) is 24.3 Å². The highest BCUT2D eigenvalue weighted by Crippen LogP contribution is 2.57. The lowest BCUT2D eigenvalue weighted by atomic mass is 9.55. The number of carbonyl (C=O) groups is 4. The van der Waals surface area contributed by atoms with Gasteiger partial charge in [0.05, 0.1) is 13.2 Å². The first kappa shape index (κ1) is 22.4. The number of hydrogen-bond donors (Lipinski definition) is 0. The maximum absolute atomic E-state index is 13.7. The summed E-state index contributed by atoms with van der Waals surface area (Å²) in [4.78, 5) is 54.3. The van der Waals surface area contributed by atoms with Crippen LogP contribution in [0.5, 0.6) is 0 Å². The first-order chi connectivity index (χ1) is 14.8. The summed E-state index contributed by atoms with van der Waals surface area (Å²) in [5.41, 5.74) is -1.41. The molecule has 0 spiro atoms. The highest BCUT2D eigenvalue weighted by Gasteiger charge is 2.64. The fraction of sp³-hybridized carbons (Fsp3) is 0.652. The summed E-state index contributed by atoms with van der Waals surface area (Å²) in [6.45, 7) is 2.26. The molecule has 0 aromatic carbocycles. The van der Waals surface area contributed by atoms with E-state index in [-0.39, 0.29) is 54.2 Å². The van der Waals surface area contributed by atoms with Crippen molar-refractivity contribution in [1.82, 2.24) is 4.90 Å². The lowest BCUT2D eigenvalue weighted by Gasteiger charge is -2.46. The fourth-order valence-electron chi connectivity index (χ4n) is 6.48. The van der Waals surface area contributed by atoms with E-state index in [4.69, 9.17) is 9.47 Å². The van der Waals surface area contributed by atoms with E-state index >= 15 is 0 Å². The van der Waals surface area contributed by atoms with E-state index in [1.807, 2.05) is 13.0 Å². The van der Waals surface area contributed by atoms with Gasteiger partial charge in [-0.05, 0) is 44.1 Å². The van der Waals surface area contributed by atoms with Gasteiger partial charge in [0.1, 0.15) is 5.78 Å². The number of carbonyl (C=O) groups excluding carboxylic acids is 4. The summed E-state index contributed by atoms with van der Waals surface area (Å²) >= 11 is 3.56. The number of nitrogens with zero attached hydrogens (tertiary/aromatic N) is 1. The van der Waals surface area contributed by atoms with E-state index in [2.05, 4.69) is 15.9 Å². The Kier molecular flexibility index (Phi) is 5.98. The van der Waals surface area contributed by atoms with E-state index in [1.165, 1.54) is 7.11 Å². The molecule has 1 heterocycles. The first-order valence-corrected chi connectivity index (χ1v) is 11.6. The number of fused-ring (bicyclic) bond motifs is 3. The molecule has 2 bridgehead atoms. The van der Waals surface area contributed by atoms with Gasteiger partial charge in [-0.15, -0.1) is 0 Å². The third kappa shape index (κ3) is 3.25. The van der Waals surface area contributed by atoms with E-state index in [0.29, 0.717) is 19.4 Å². The molecule has 1 aliphatic heterocycles. The standard InChI is InChI=1S/C23H28BrNO6/c1-4-25-11-12(24)9-16-19(14-10-15-17(26)6-5-13(14)20(15)30-2)18(27)7-8-23(16,21(25)28)22(29)31-3/h5-6,11,13-16,19-20H,4,7-10H2,1-3H3/t13?,14-,15+,16+,19-,20-,23+/m1/s1. The van der Waals surface area contributed by atoms with Crippen molar-refractivity contribution >= 4 is 39.4 Å². The van der Waals surface area contributed by atoms with Gasteiger partial charge in [0.15, 0.2) is 11.2 Å². The van der Waals surface area contributed by atoms with Crippen molar-refractivity contribution in [3.63, 3.8) is 0 Å². The topological polar surface area (TPSA) is 90.0 Å². The highest BCUT2D eigenvalue weighted by atomic mass is 79.9. The molecular weight excluding hydrogens is 466 g/mol. The normalized spacial score (nSPS) is 39.8. The number of methoxy groups -OCH3 is 2. The van der Waals surface area contributed by atoms with Crippen molar-refractivity contribution in [2.45, 2.75) is 38.7 Å². The Morgan fingerprint density at radius 2 is 2.03 bits per heavy atom. The molecule has 4 rings (SSSR count). The third-order valence-corrected chi connectivity index (χ3v) is 8.35. The molecule has 0 radical (unpaired) electrons. The monoisotopic (exact) mass is 493 g/mol. The van der Waals surface area contributed by atoms with Gasteiger partial charge in [0.25, 0.3) is 0 Å². The molecule has 7 nitrogen and oxygen atoms in total. The average molecular weight is 494 g/mol. The molecule has 1 amide bonds. The largest absolute Gasteiger partial charge is 0.468 e. The van der Waals surface area contributed by atoms with Crippen molar-refractivity contribution in [3.05, 3.63) is 22.8 Å². The lowest BCUT2D eigenvalue weighted by Crippen LogP contribution is -2.58. The van der Waals surface area contributed by atoms with Crippen LogP contribution in [0.4, 0.5) is 0 Å². The van der Waals surface area contributed by atoms with Gasteiger partial charge >= 0.3 is 5.97 Å². The lowest BCUT2D eigenvalue weighted by molar-refractivity contribution is -0.174. The Balaban J connectivity index is 1.82. The number of amides is 1. The Morgan fingerprint density at radius 3 is 2.65 bits per heavy atom. The van der Waals surface area contributed by atoms with Gasteiger partial charge in [0, 0.05) is 48.5 Å². The van der Waals surface area contributed by atoms with Crippen molar-refractivity contribution in [2.24, 2.45) is 35.0 Å². The van der Waals surface area contributed by atoms with Crippen LogP contribution >= 0.6 is 15.9 Å². The summed E-state index contributed by atoms with van der Waals surface area (Å²) < 4.78 is 11.6. The molecule has 0 aromatic heterocycles. The molecular formula is C23H28BrNO6. The Bertz CT molecular complexity index is 881. The van der Waals surface area contributed by atoms with Crippen molar-refractivity contribution < 1.29 is 28.7 Å². The second-order valence-corrected chi connectivity index (χ2v) is 10.00. The van der Waals surface area contributed by atoms with Crippen LogP contribution in [0.2, 0.25) is 0 Å². The molecule has 2 fully saturated rings. The minimum atomic E-state index is -1.41. The van der Waals surface area contributed by atoms with Gasteiger partial charge < -0.3 is 14.4 Å². The Morgan fingerprint density at radius 1 is 1.29 bits per heavy atom. The number of ether oxygens (including phenoxy) is 2. The number of halogens is 1. The zero-order valence-corrected chi connectivity index (χ0v) is 19.6. The minimum Gasteiger partial charge on any atom is -0.468 e. The number of ketones is 2. The number of rotatable bonds is 4. The Hall–Kier alpha value is -1.80. The van der Waals surface area contributed by atoms with Crippen molar-refractivity contribution in [1.29, 1.82) is 0 Å². The predicted octanol–water partition coefficient (Wildman–Crippen LogP) is 2.64. The summed E-state index contributed by atoms with van der Waals surface area (Å²) in [5, 5.41) is 0. The summed E-state index contributed by atoms with van der Waals surface area (Å²) in [5.74, 6) is -2.45. The van der Waals surface area contributed by atoms with E-state index in [9.17, 15) is 19.2 Å². The maximum Gasteiger partial charge on any atom is 0.321 e. The Labute approximate surface area is 190 Å². The van der Waals surface area contributed by atoms with Crippen LogP contribution in [0.25, 0.3) is 0 Å². The molecule has 1 unspecified atom stereocenters.